The van der Waals surface area contributed by atoms with Crippen molar-refractivity contribution in [2.75, 3.05) is 33.0 Å². The van der Waals surface area contributed by atoms with E-state index in [9.17, 15) is 9.59 Å². The highest BCUT2D eigenvalue weighted by molar-refractivity contribution is 6.33. The maximum Gasteiger partial charge on any atom is 0.340 e. The molecule has 4 rings (SSSR count). The second kappa shape index (κ2) is 8.63. The van der Waals surface area contributed by atoms with Gasteiger partial charge in [-0.1, -0.05) is 18.5 Å². The van der Waals surface area contributed by atoms with Crippen LogP contribution in [-0.4, -0.2) is 34.0 Å². The molecule has 0 spiro atoms. The number of methoxy groups -OCH3 is 3. The number of aryl methyl sites for hydroxylation is 1. The molecule has 0 saturated carbocycles. The van der Waals surface area contributed by atoms with Gasteiger partial charge < -0.3 is 28.3 Å². The molecular formula is C23H22ClNO7. The fourth-order valence-corrected chi connectivity index (χ4v) is 4.18. The average molecular weight is 460 g/mol. The summed E-state index contributed by atoms with van der Waals surface area (Å²) in [7, 11) is 4.30. The lowest BCUT2D eigenvalue weighted by atomic mass is 10.0. The first-order valence-electron chi connectivity index (χ1n) is 9.92. The van der Waals surface area contributed by atoms with Crippen molar-refractivity contribution in [1.29, 1.82) is 0 Å². The van der Waals surface area contributed by atoms with Crippen molar-refractivity contribution in [2.24, 2.45) is 0 Å². The molecule has 8 nitrogen and oxygen atoms in total. The maximum atomic E-state index is 12.5. The molecule has 0 saturated heterocycles. The summed E-state index contributed by atoms with van der Waals surface area (Å²) in [5, 5.41) is 1.18. The van der Waals surface area contributed by atoms with Gasteiger partial charge in [0.2, 0.25) is 0 Å². The third kappa shape index (κ3) is 3.60. The number of esters is 1. The lowest BCUT2D eigenvalue weighted by Gasteiger charge is -2.33. The minimum atomic E-state index is -0.539. The smallest absolute Gasteiger partial charge is 0.340 e. The maximum absolute atomic E-state index is 12.5. The molecule has 2 heterocycles. The Labute approximate surface area is 189 Å². The van der Waals surface area contributed by atoms with Crippen LogP contribution in [0.25, 0.3) is 11.0 Å². The number of hydrogen-bond acceptors (Lipinski definition) is 8. The van der Waals surface area contributed by atoms with E-state index < -0.39 is 11.6 Å². The third-order valence-corrected chi connectivity index (χ3v) is 5.74. The zero-order valence-corrected chi connectivity index (χ0v) is 18.9. The highest BCUT2D eigenvalue weighted by Gasteiger charge is 2.29. The molecule has 0 bridgehead atoms. The van der Waals surface area contributed by atoms with Crippen LogP contribution < -0.4 is 24.7 Å². The molecule has 0 radical (unpaired) electrons. The number of fused-ring (bicyclic) bond motifs is 3. The van der Waals surface area contributed by atoms with Gasteiger partial charge >= 0.3 is 11.6 Å². The molecule has 3 aromatic rings. The Balaban J connectivity index is 1.90. The first kappa shape index (κ1) is 21.8. The van der Waals surface area contributed by atoms with Crippen LogP contribution in [0.3, 0.4) is 0 Å². The lowest BCUT2D eigenvalue weighted by molar-refractivity contribution is 0.0600. The summed E-state index contributed by atoms with van der Waals surface area (Å²) in [5.74, 6) is 0.744. The van der Waals surface area contributed by atoms with Crippen molar-refractivity contribution in [2.45, 2.75) is 19.9 Å². The number of nitrogens with zero attached hydrogens (tertiary/aromatic N) is 1. The molecule has 0 atom stereocenters. The molecule has 0 fully saturated rings. The molecule has 9 heteroatoms. The van der Waals surface area contributed by atoms with E-state index in [-0.39, 0.29) is 18.8 Å². The second-order valence-electron chi connectivity index (χ2n) is 7.17. The summed E-state index contributed by atoms with van der Waals surface area (Å²) >= 11 is 6.50. The van der Waals surface area contributed by atoms with Crippen LogP contribution in [0.2, 0.25) is 5.02 Å². The Kier molecular flexibility index (Phi) is 5.88. The number of carbonyl (C=O) groups is 1. The molecule has 168 valence electrons. The van der Waals surface area contributed by atoms with Gasteiger partial charge in [0.1, 0.15) is 11.3 Å². The number of ether oxygens (including phenoxy) is 4. The van der Waals surface area contributed by atoms with Crippen molar-refractivity contribution >= 4 is 34.2 Å². The number of anilines is 1. The van der Waals surface area contributed by atoms with E-state index in [1.807, 2.05) is 11.8 Å². The molecule has 1 aliphatic heterocycles. The molecule has 0 N–H and O–H groups in total. The summed E-state index contributed by atoms with van der Waals surface area (Å²) in [4.78, 5) is 26.5. The van der Waals surface area contributed by atoms with Gasteiger partial charge in [0.15, 0.2) is 18.2 Å². The van der Waals surface area contributed by atoms with E-state index in [4.69, 9.17) is 35.0 Å². The number of hydrogen-bond donors (Lipinski definition) is 0. The van der Waals surface area contributed by atoms with Crippen LogP contribution in [-0.2, 0) is 17.7 Å². The van der Waals surface area contributed by atoms with Gasteiger partial charge in [-0.05, 0) is 18.1 Å². The van der Waals surface area contributed by atoms with Gasteiger partial charge in [0.25, 0.3) is 0 Å². The lowest BCUT2D eigenvalue weighted by Crippen LogP contribution is -2.33. The molecule has 0 unspecified atom stereocenters. The van der Waals surface area contributed by atoms with Gasteiger partial charge in [0, 0.05) is 23.6 Å². The first-order valence-corrected chi connectivity index (χ1v) is 10.3. The monoisotopic (exact) mass is 459 g/mol. The standard InChI is InChI=1S/C23H22ClNO7/c1-5-12-6-20(26)32-21-13(12)7-16(24)22-15(21)10-25(11-31-22)17-9-19(29-3)18(28-2)8-14(17)23(27)30-4/h6-9H,5,10-11H2,1-4H3. The molecule has 1 aliphatic rings. The van der Waals surface area contributed by atoms with Crippen molar-refractivity contribution in [1.82, 2.24) is 0 Å². The summed E-state index contributed by atoms with van der Waals surface area (Å²) < 4.78 is 27.2. The van der Waals surface area contributed by atoms with E-state index in [1.54, 1.807) is 18.2 Å². The average Bonchev–Trinajstić information content (AvgIpc) is 2.82. The normalized spacial score (nSPS) is 12.8. The van der Waals surface area contributed by atoms with Crippen LogP contribution in [0.5, 0.6) is 17.2 Å². The van der Waals surface area contributed by atoms with Crippen molar-refractivity contribution < 1.29 is 28.2 Å². The summed E-state index contributed by atoms with van der Waals surface area (Å²) in [5.41, 5.74) is 2.22. The van der Waals surface area contributed by atoms with E-state index in [0.29, 0.717) is 45.5 Å². The minimum absolute atomic E-state index is 0.107. The van der Waals surface area contributed by atoms with E-state index in [1.165, 1.54) is 27.4 Å². The Hall–Kier alpha value is -3.39. The minimum Gasteiger partial charge on any atom is -0.493 e. The predicted molar refractivity (Wildman–Crippen MR) is 119 cm³/mol. The topological polar surface area (TPSA) is 87.4 Å². The molecule has 0 aliphatic carbocycles. The second-order valence-corrected chi connectivity index (χ2v) is 7.58. The Morgan fingerprint density at radius 2 is 1.84 bits per heavy atom. The van der Waals surface area contributed by atoms with Gasteiger partial charge in [-0.25, -0.2) is 9.59 Å². The molecular weight excluding hydrogens is 438 g/mol. The van der Waals surface area contributed by atoms with Crippen LogP contribution in [0.1, 0.15) is 28.4 Å². The summed E-state index contributed by atoms with van der Waals surface area (Å²) in [6.45, 7) is 2.34. The number of carbonyl (C=O) groups excluding carboxylic acids is 1. The fraction of sp³-hybridized carbons (Fsp3) is 0.304. The summed E-state index contributed by atoms with van der Waals surface area (Å²) in [6, 6.07) is 6.46. The third-order valence-electron chi connectivity index (χ3n) is 5.46. The number of benzene rings is 2. The zero-order chi connectivity index (χ0) is 23.0. The van der Waals surface area contributed by atoms with Crippen LogP contribution in [0.4, 0.5) is 5.69 Å². The first-order chi connectivity index (χ1) is 15.4. The van der Waals surface area contributed by atoms with Gasteiger partial charge in [-0.3, -0.25) is 0 Å². The quantitative estimate of drug-likeness (QED) is 0.415. The predicted octanol–water partition coefficient (Wildman–Crippen LogP) is 4.17. The Bertz CT molecular complexity index is 1270. The molecule has 2 aromatic carbocycles. The van der Waals surface area contributed by atoms with Crippen molar-refractivity contribution in [3.8, 4) is 17.2 Å². The van der Waals surface area contributed by atoms with Crippen molar-refractivity contribution in [3.05, 3.63) is 56.4 Å². The van der Waals surface area contributed by atoms with Crippen LogP contribution >= 0.6 is 11.6 Å². The van der Waals surface area contributed by atoms with Crippen LogP contribution in [0, 0.1) is 0 Å². The highest BCUT2D eigenvalue weighted by Crippen LogP contribution is 2.42. The van der Waals surface area contributed by atoms with Gasteiger partial charge in [-0.2, -0.15) is 0 Å². The van der Waals surface area contributed by atoms with E-state index in [2.05, 4.69) is 0 Å². The number of halogens is 1. The van der Waals surface area contributed by atoms with Crippen LogP contribution in [0.15, 0.2) is 33.5 Å². The molecule has 0 amide bonds. The van der Waals surface area contributed by atoms with E-state index >= 15 is 0 Å². The summed E-state index contributed by atoms with van der Waals surface area (Å²) in [6.07, 6.45) is 0.643. The fourth-order valence-electron chi connectivity index (χ4n) is 3.90. The Morgan fingerprint density at radius 3 is 2.50 bits per heavy atom. The molecule has 1 aromatic heterocycles. The highest BCUT2D eigenvalue weighted by atomic mass is 35.5. The Morgan fingerprint density at radius 1 is 1.12 bits per heavy atom. The largest absolute Gasteiger partial charge is 0.493 e. The van der Waals surface area contributed by atoms with Crippen molar-refractivity contribution in [3.63, 3.8) is 0 Å². The van der Waals surface area contributed by atoms with Gasteiger partial charge in [0.05, 0.1) is 49.7 Å². The zero-order valence-electron chi connectivity index (χ0n) is 18.1. The number of rotatable bonds is 5. The van der Waals surface area contributed by atoms with E-state index in [0.717, 1.165) is 10.9 Å². The van der Waals surface area contributed by atoms with Gasteiger partial charge in [-0.15, -0.1) is 0 Å². The molecule has 32 heavy (non-hydrogen) atoms. The SMILES string of the molecule is CCc1cc(=O)oc2c3c(c(Cl)cc12)OCN(c1cc(OC)c(OC)cc1C(=O)OC)C3.